The lowest BCUT2D eigenvalue weighted by Gasteiger charge is -2.12. The molecule has 4 rings (SSSR count). The molecule has 0 aromatic heterocycles. The molecule has 0 fully saturated rings. The van der Waals surface area contributed by atoms with E-state index in [1.807, 2.05) is 0 Å². The van der Waals surface area contributed by atoms with Crippen LogP contribution in [0.25, 0.3) is 33.4 Å². The molecular weight excluding hydrogens is 336 g/mol. The molecule has 28 heavy (non-hydrogen) atoms. The topological polar surface area (TPSA) is 0 Å². The van der Waals surface area contributed by atoms with Crippen molar-refractivity contribution in [2.75, 3.05) is 0 Å². The average molecular weight is 363 g/mol. The monoisotopic (exact) mass is 362 g/mol. The fourth-order valence-electron chi connectivity index (χ4n) is 3.55. The lowest BCUT2D eigenvalue weighted by atomic mass is 9.92. The van der Waals surface area contributed by atoms with Gasteiger partial charge in [0.25, 0.3) is 0 Å². The normalized spacial score (nSPS) is 10.8. The van der Waals surface area contributed by atoms with Crippen LogP contribution in [0.15, 0.2) is 91.0 Å². The van der Waals surface area contributed by atoms with Crippen LogP contribution in [-0.2, 0) is 6.42 Å². The molecule has 0 radical (unpaired) electrons. The van der Waals surface area contributed by atoms with Gasteiger partial charge in [0.15, 0.2) is 0 Å². The van der Waals surface area contributed by atoms with Gasteiger partial charge in [-0.25, -0.2) is 0 Å². The van der Waals surface area contributed by atoms with Gasteiger partial charge >= 0.3 is 0 Å². The van der Waals surface area contributed by atoms with Crippen LogP contribution in [-0.4, -0.2) is 0 Å². The number of aryl methyl sites for hydroxylation is 3. The van der Waals surface area contributed by atoms with Gasteiger partial charge in [-0.3, -0.25) is 0 Å². The third-order valence-corrected chi connectivity index (χ3v) is 5.40. The van der Waals surface area contributed by atoms with Gasteiger partial charge in [0, 0.05) is 0 Å². The second kappa shape index (κ2) is 7.86. The van der Waals surface area contributed by atoms with Crippen molar-refractivity contribution in [1.82, 2.24) is 0 Å². The predicted molar refractivity (Wildman–Crippen MR) is 122 cm³/mol. The summed E-state index contributed by atoms with van der Waals surface area (Å²) in [4.78, 5) is 0. The number of rotatable bonds is 4. The Morgan fingerprint density at radius 2 is 0.750 bits per heavy atom. The maximum Gasteiger partial charge on any atom is -0.0172 e. The molecule has 0 aliphatic carbocycles. The quantitative estimate of drug-likeness (QED) is 0.346. The molecule has 0 saturated heterocycles. The van der Waals surface area contributed by atoms with Crippen LogP contribution >= 0.6 is 0 Å². The SMILES string of the molecule is CCc1ccc(-c2cc(-c3ccc(C)cc3)cc(-c3ccc(C)cc3)c2)cc1. The number of benzene rings is 4. The highest BCUT2D eigenvalue weighted by Crippen LogP contribution is 2.33. The van der Waals surface area contributed by atoms with Crippen LogP contribution in [0.1, 0.15) is 23.6 Å². The molecule has 0 atom stereocenters. The first-order chi connectivity index (χ1) is 13.6. The minimum atomic E-state index is 1.07. The molecule has 0 aliphatic heterocycles. The van der Waals surface area contributed by atoms with E-state index >= 15 is 0 Å². The Morgan fingerprint density at radius 3 is 1.07 bits per heavy atom. The highest BCUT2D eigenvalue weighted by atomic mass is 14.1. The maximum absolute atomic E-state index is 2.31. The van der Waals surface area contributed by atoms with Gasteiger partial charge in [-0.2, -0.15) is 0 Å². The van der Waals surface area contributed by atoms with Crippen LogP contribution in [0, 0.1) is 13.8 Å². The van der Waals surface area contributed by atoms with Crippen molar-refractivity contribution in [3.63, 3.8) is 0 Å². The van der Waals surface area contributed by atoms with Crippen LogP contribution < -0.4 is 0 Å². The van der Waals surface area contributed by atoms with Gasteiger partial charge in [-0.15, -0.1) is 0 Å². The molecule has 0 amide bonds. The van der Waals surface area contributed by atoms with Gasteiger partial charge in [0.05, 0.1) is 0 Å². The standard InChI is InChI=1S/C28H26/c1-4-22-9-15-25(16-10-22)28-18-26(23-11-5-20(2)6-12-23)17-27(19-28)24-13-7-21(3)8-14-24/h5-19H,4H2,1-3H3. The van der Waals surface area contributed by atoms with Crippen molar-refractivity contribution in [2.24, 2.45) is 0 Å². The van der Waals surface area contributed by atoms with Gasteiger partial charge in [0.2, 0.25) is 0 Å². The highest BCUT2D eigenvalue weighted by Gasteiger charge is 2.08. The summed E-state index contributed by atoms with van der Waals surface area (Å²) >= 11 is 0. The zero-order valence-corrected chi connectivity index (χ0v) is 16.9. The Hall–Kier alpha value is -3.12. The second-order valence-corrected chi connectivity index (χ2v) is 7.58. The van der Waals surface area contributed by atoms with E-state index < -0.39 is 0 Å². The van der Waals surface area contributed by atoms with Crippen molar-refractivity contribution in [3.05, 3.63) is 108 Å². The number of hydrogen-bond acceptors (Lipinski definition) is 0. The first-order valence-corrected chi connectivity index (χ1v) is 10.0. The molecule has 0 bridgehead atoms. The molecule has 0 unspecified atom stereocenters. The van der Waals surface area contributed by atoms with Gasteiger partial charge in [0.1, 0.15) is 0 Å². The summed E-state index contributed by atoms with van der Waals surface area (Å²) < 4.78 is 0. The summed E-state index contributed by atoms with van der Waals surface area (Å²) in [5.74, 6) is 0. The van der Waals surface area contributed by atoms with E-state index in [0.29, 0.717) is 0 Å². The Morgan fingerprint density at radius 1 is 0.429 bits per heavy atom. The van der Waals surface area contributed by atoms with Gasteiger partial charge in [-0.05, 0) is 77.4 Å². The average Bonchev–Trinajstić information content (AvgIpc) is 2.74. The molecular formula is C28H26. The molecule has 0 heteroatoms. The summed E-state index contributed by atoms with van der Waals surface area (Å²) in [7, 11) is 0. The van der Waals surface area contributed by atoms with E-state index in [9.17, 15) is 0 Å². The highest BCUT2D eigenvalue weighted by molar-refractivity contribution is 5.81. The summed E-state index contributed by atoms with van der Waals surface area (Å²) in [6, 6.07) is 33.5. The Bertz CT molecular complexity index is 1000. The lowest BCUT2D eigenvalue weighted by molar-refractivity contribution is 1.14. The molecule has 0 spiro atoms. The van der Waals surface area contributed by atoms with Crippen LogP contribution in [0.2, 0.25) is 0 Å². The summed E-state index contributed by atoms with van der Waals surface area (Å²) in [6.45, 7) is 6.46. The van der Waals surface area contributed by atoms with Gasteiger partial charge in [-0.1, -0.05) is 90.8 Å². The molecule has 4 aromatic rings. The van der Waals surface area contributed by atoms with Crippen LogP contribution in [0.5, 0.6) is 0 Å². The first kappa shape index (κ1) is 18.3. The maximum atomic E-state index is 2.31. The minimum absolute atomic E-state index is 1.07. The fraction of sp³-hybridized carbons (Fsp3) is 0.143. The number of hydrogen-bond donors (Lipinski definition) is 0. The molecule has 0 N–H and O–H groups in total. The smallest absolute Gasteiger partial charge is 0.0172 e. The largest absolute Gasteiger partial charge is 0.0613 e. The fourth-order valence-corrected chi connectivity index (χ4v) is 3.55. The summed E-state index contributed by atoms with van der Waals surface area (Å²) in [5, 5.41) is 0. The van der Waals surface area contributed by atoms with Crippen LogP contribution in [0.4, 0.5) is 0 Å². The van der Waals surface area contributed by atoms with E-state index in [0.717, 1.165) is 6.42 Å². The van der Waals surface area contributed by atoms with Crippen molar-refractivity contribution < 1.29 is 0 Å². The molecule has 138 valence electrons. The molecule has 4 aromatic carbocycles. The molecule has 0 nitrogen and oxygen atoms in total. The predicted octanol–water partition coefficient (Wildman–Crippen LogP) is 7.87. The third-order valence-electron chi connectivity index (χ3n) is 5.40. The third kappa shape index (κ3) is 3.92. The Balaban J connectivity index is 1.86. The van der Waals surface area contributed by atoms with E-state index in [4.69, 9.17) is 0 Å². The minimum Gasteiger partial charge on any atom is -0.0613 e. The van der Waals surface area contributed by atoms with E-state index in [1.165, 1.54) is 50.1 Å². The zero-order chi connectivity index (χ0) is 19.5. The van der Waals surface area contributed by atoms with E-state index in [1.54, 1.807) is 0 Å². The molecule has 0 heterocycles. The Kier molecular flexibility index (Phi) is 5.12. The zero-order valence-electron chi connectivity index (χ0n) is 16.9. The van der Waals surface area contributed by atoms with Crippen LogP contribution in [0.3, 0.4) is 0 Å². The first-order valence-electron chi connectivity index (χ1n) is 10.0. The van der Waals surface area contributed by atoms with Crippen molar-refractivity contribution in [1.29, 1.82) is 0 Å². The molecule has 0 saturated carbocycles. The Labute approximate surface area is 168 Å². The van der Waals surface area contributed by atoms with E-state index in [-0.39, 0.29) is 0 Å². The van der Waals surface area contributed by atoms with Crippen molar-refractivity contribution in [2.45, 2.75) is 27.2 Å². The summed E-state index contributed by atoms with van der Waals surface area (Å²) in [6.07, 6.45) is 1.07. The van der Waals surface area contributed by atoms with Gasteiger partial charge < -0.3 is 0 Å². The van der Waals surface area contributed by atoms with Crippen molar-refractivity contribution in [3.8, 4) is 33.4 Å². The lowest BCUT2D eigenvalue weighted by Crippen LogP contribution is -1.87. The summed E-state index contributed by atoms with van der Waals surface area (Å²) in [5.41, 5.74) is 11.5. The van der Waals surface area contributed by atoms with E-state index in [2.05, 4.69) is 112 Å². The molecule has 0 aliphatic rings. The van der Waals surface area contributed by atoms with Crippen molar-refractivity contribution >= 4 is 0 Å². The second-order valence-electron chi connectivity index (χ2n) is 7.58.